The Morgan fingerprint density at radius 3 is 2.84 bits per heavy atom. The Bertz CT molecular complexity index is 446. The van der Waals surface area contributed by atoms with Crippen LogP contribution in [0.4, 0.5) is 0 Å². The molecule has 1 aromatic heterocycles. The minimum Gasteiger partial charge on any atom is -0.343 e. The lowest BCUT2D eigenvalue weighted by Gasteiger charge is -2.31. The molecule has 102 valence electrons. The van der Waals surface area contributed by atoms with E-state index in [1.165, 1.54) is 0 Å². The normalized spacial score (nSPS) is 24.0. The van der Waals surface area contributed by atoms with Crippen molar-refractivity contribution in [3.8, 4) is 0 Å². The van der Waals surface area contributed by atoms with Crippen molar-refractivity contribution in [3.63, 3.8) is 0 Å². The van der Waals surface area contributed by atoms with E-state index in [4.69, 9.17) is 0 Å². The summed E-state index contributed by atoms with van der Waals surface area (Å²) in [6.45, 7) is 1.70. The third kappa shape index (κ3) is 2.85. The van der Waals surface area contributed by atoms with Crippen molar-refractivity contribution in [1.82, 2.24) is 20.1 Å². The zero-order chi connectivity index (χ0) is 13.1. The number of nitrogens with zero attached hydrogens (tertiary/aromatic N) is 3. The molecule has 1 saturated heterocycles. The Morgan fingerprint density at radius 1 is 1.37 bits per heavy atom. The van der Waals surface area contributed by atoms with E-state index in [1.54, 1.807) is 6.33 Å². The molecule has 5 heteroatoms. The van der Waals surface area contributed by atoms with E-state index < -0.39 is 0 Å². The van der Waals surface area contributed by atoms with Crippen molar-refractivity contribution in [2.45, 2.75) is 38.0 Å². The summed E-state index contributed by atoms with van der Waals surface area (Å²) in [6, 6.07) is 0. The van der Waals surface area contributed by atoms with Crippen molar-refractivity contribution < 1.29 is 4.79 Å². The lowest BCUT2D eigenvalue weighted by molar-refractivity contribution is -0.132. The van der Waals surface area contributed by atoms with Gasteiger partial charge in [-0.3, -0.25) is 9.89 Å². The zero-order valence-electron chi connectivity index (χ0n) is 11.1. The highest BCUT2D eigenvalue weighted by molar-refractivity contribution is 5.76. The number of hydrogen-bond acceptors (Lipinski definition) is 3. The molecule has 2 aliphatic rings. The number of hydrogen-bond donors (Lipinski definition) is 1. The average Bonchev–Trinajstić information content (AvgIpc) is 3.12. The number of piperidine rings is 1. The highest BCUT2D eigenvalue weighted by atomic mass is 16.2. The highest BCUT2D eigenvalue weighted by Crippen LogP contribution is 2.27. The van der Waals surface area contributed by atoms with Gasteiger partial charge in [-0.05, 0) is 31.6 Å². The number of carbonyl (C=O) groups excluding carboxylic acids is 1. The Morgan fingerprint density at radius 2 is 2.21 bits per heavy atom. The first-order valence-corrected chi connectivity index (χ1v) is 7.12. The second-order valence-corrected chi connectivity index (χ2v) is 5.50. The molecule has 0 radical (unpaired) electrons. The first-order valence-electron chi connectivity index (χ1n) is 7.12. The number of nitrogens with one attached hydrogen (secondary N) is 1. The van der Waals surface area contributed by atoms with Crippen LogP contribution in [0, 0.1) is 5.92 Å². The van der Waals surface area contributed by atoms with Crippen LogP contribution < -0.4 is 0 Å². The van der Waals surface area contributed by atoms with E-state index in [9.17, 15) is 4.79 Å². The fraction of sp³-hybridized carbons (Fsp3) is 0.643. The maximum atomic E-state index is 12.2. The molecule has 0 saturated carbocycles. The van der Waals surface area contributed by atoms with Crippen LogP contribution in [0.2, 0.25) is 0 Å². The minimum absolute atomic E-state index is 0.313. The number of carbonyl (C=O) groups is 1. The molecule has 1 unspecified atom stereocenters. The maximum absolute atomic E-state index is 12.2. The number of amides is 1. The van der Waals surface area contributed by atoms with Crippen molar-refractivity contribution in [2.24, 2.45) is 5.92 Å². The molecule has 0 aromatic carbocycles. The van der Waals surface area contributed by atoms with Gasteiger partial charge in [0.15, 0.2) is 0 Å². The van der Waals surface area contributed by atoms with Crippen LogP contribution in [-0.2, 0) is 4.79 Å². The van der Waals surface area contributed by atoms with Crippen molar-refractivity contribution in [2.75, 3.05) is 13.1 Å². The van der Waals surface area contributed by atoms with Gasteiger partial charge in [0.05, 0.1) is 0 Å². The van der Waals surface area contributed by atoms with E-state index in [2.05, 4.69) is 27.3 Å². The molecular weight excluding hydrogens is 240 g/mol. The predicted octanol–water partition coefficient (Wildman–Crippen LogP) is 1.87. The second-order valence-electron chi connectivity index (χ2n) is 5.50. The fourth-order valence-electron chi connectivity index (χ4n) is 3.03. The minimum atomic E-state index is 0.313. The lowest BCUT2D eigenvalue weighted by atomic mass is 9.95. The lowest BCUT2D eigenvalue weighted by Crippen LogP contribution is -2.38. The maximum Gasteiger partial charge on any atom is 0.223 e. The van der Waals surface area contributed by atoms with Crippen molar-refractivity contribution in [1.29, 1.82) is 0 Å². The van der Waals surface area contributed by atoms with Gasteiger partial charge in [0.25, 0.3) is 0 Å². The summed E-state index contributed by atoms with van der Waals surface area (Å²) in [7, 11) is 0. The molecule has 1 aliphatic carbocycles. The Hall–Kier alpha value is -1.65. The van der Waals surface area contributed by atoms with Gasteiger partial charge in [-0.1, -0.05) is 12.2 Å². The molecular formula is C14H20N4O. The summed E-state index contributed by atoms with van der Waals surface area (Å²) in [4.78, 5) is 18.4. The molecule has 0 bridgehead atoms. The standard InChI is InChI=1S/C14H20N4O/c19-13(9-11-3-1-2-4-11)18-7-5-12(6-8-18)14-15-10-16-17-14/h1,3,10-12H,2,4-9H2,(H,15,16,17). The monoisotopic (exact) mass is 260 g/mol. The first kappa shape index (κ1) is 12.4. The van der Waals surface area contributed by atoms with Crippen LogP contribution in [0.5, 0.6) is 0 Å². The van der Waals surface area contributed by atoms with E-state index in [-0.39, 0.29) is 0 Å². The van der Waals surface area contributed by atoms with Gasteiger partial charge in [0.1, 0.15) is 12.2 Å². The highest BCUT2D eigenvalue weighted by Gasteiger charge is 2.26. The third-order valence-corrected chi connectivity index (χ3v) is 4.22. The van der Waals surface area contributed by atoms with E-state index in [1.807, 2.05) is 4.90 Å². The summed E-state index contributed by atoms with van der Waals surface area (Å²) >= 11 is 0. The van der Waals surface area contributed by atoms with Crippen molar-refractivity contribution >= 4 is 5.91 Å². The number of likely N-dealkylation sites (tertiary alicyclic amines) is 1. The van der Waals surface area contributed by atoms with Crippen molar-refractivity contribution in [3.05, 3.63) is 24.3 Å². The molecule has 1 fully saturated rings. The van der Waals surface area contributed by atoms with Crippen LogP contribution in [0.15, 0.2) is 18.5 Å². The second kappa shape index (κ2) is 5.55. The molecule has 3 rings (SSSR count). The SMILES string of the molecule is O=C(CC1C=CCC1)N1CCC(c2ncn[nH]2)CC1. The molecule has 1 aromatic rings. The van der Waals surface area contributed by atoms with Gasteiger partial charge >= 0.3 is 0 Å². The number of aromatic nitrogens is 3. The van der Waals surface area contributed by atoms with Gasteiger partial charge in [-0.25, -0.2) is 4.98 Å². The van der Waals surface area contributed by atoms with Crippen LogP contribution in [-0.4, -0.2) is 39.1 Å². The van der Waals surface area contributed by atoms with Gasteiger partial charge in [0, 0.05) is 25.4 Å². The molecule has 1 aliphatic heterocycles. The molecule has 0 spiro atoms. The Kier molecular flexibility index (Phi) is 3.62. The molecule has 1 N–H and O–H groups in total. The third-order valence-electron chi connectivity index (χ3n) is 4.22. The topological polar surface area (TPSA) is 61.9 Å². The van der Waals surface area contributed by atoms with E-state index in [0.29, 0.717) is 24.2 Å². The number of H-pyrrole nitrogens is 1. The smallest absolute Gasteiger partial charge is 0.223 e. The Labute approximate surface area is 113 Å². The summed E-state index contributed by atoms with van der Waals surface area (Å²) in [5, 5.41) is 6.83. The first-order chi connectivity index (χ1) is 9.33. The molecule has 1 amide bonds. The van der Waals surface area contributed by atoms with Crippen LogP contribution in [0.25, 0.3) is 0 Å². The number of allylic oxidation sites excluding steroid dienone is 2. The predicted molar refractivity (Wildman–Crippen MR) is 71.4 cm³/mol. The summed E-state index contributed by atoms with van der Waals surface area (Å²) in [5.74, 6) is 2.18. The van der Waals surface area contributed by atoms with Gasteiger partial charge in [-0.2, -0.15) is 5.10 Å². The van der Waals surface area contributed by atoms with Gasteiger partial charge in [-0.15, -0.1) is 0 Å². The summed E-state index contributed by atoms with van der Waals surface area (Å²) < 4.78 is 0. The zero-order valence-corrected chi connectivity index (χ0v) is 11.1. The Balaban J connectivity index is 1.49. The van der Waals surface area contributed by atoms with Gasteiger partial charge < -0.3 is 4.90 Å². The average molecular weight is 260 g/mol. The molecule has 1 atom stereocenters. The molecule has 5 nitrogen and oxygen atoms in total. The van der Waals surface area contributed by atoms with Gasteiger partial charge in [0.2, 0.25) is 5.91 Å². The van der Waals surface area contributed by atoms with Crippen LogP contribution in [0.1, 0.15) is 43.8 Å². The largest absolute Gasteiger partial charge is 0.343 e. The van der Waals surface area contributed by atoms with E-state index >= 15 is 0 Å². The quantitative estimate of drug-likeness (QED) is 0.844. The number of rotatable bonds is 3. The summed E-state index contributed by atoms with van der Waals surface area (Å²) in [5.41, 5.74) is 0. The summed E-state index contributed by atoms with van der Waals surface area (Å²) in [6.07, 6.45) is 10.9. The van der Waals surface area contributed by atoms with Crippen LogP contribution >= 0.6 is 0 Å². The van der Waals surface area contributed by atoms with E-state index in [0.717, 1.165) is 44.6 Å². The van der Waals surface area contributed by atoms with Crippen LogP contribution in [0.3, 0.4) is 0 Å². The molecule has 2 heterocycles. The molecule has 19 heavy (non-hydrogen) atoms. The number of aromatic amines is 1. The fourth-order valence-corrected chi connectivity index (χ4v) is 3.03.